The van der Waals surface area contributed by atoms with Gasteiger partial charge in [-0.1, -0.05) is 262 Å². The molecule has 15 rings (SSSR count). The second kappa shape index (κ2) is 23.7. The molecule has 1 aliphatic rings. The van der Waals surface area contributed by atoms with Crippen molar-refractivity contribution in [1.82, 2.24) is 0 Å². The summed E-state index contributed by atoms with van der Waals surface area (Å²) in [5.74, 6) is 0. The Morgan fingerprint density at radius 1 is 0.296 bits per heavy atom. The Labute approximate surface area is 584 Å². The molecule has 0 aliphatic heterocycles. The Bertz CT molecular complexity index is 5220. The first kappa shape index (κ1) is 64.1. The van der Waals surface area contributed by atoms with Crippen LogP contribution < -0.4 is 14.7 Å². The molecule has 0 bridgehead atoms. The highest BCUT2D eigenvalue weighted by molar-refractivity contribution is 7.26. The van der Waals surface area contributed by atoms with Gasteiger partial charge in [0, 0.05) is 81.9 Å². The van der Waals surface area contributed by atoms with Crippen LogP contribution in [0.15, 0.2) is 271 Å². The van der Waals surface area contributed by atoms with Crippen LogP contribution in [0.1, 0.15) is 154 Å². The van der Waals surface area contributed by atoms with Crippen molar-refractivity contribution < 1.29 is 4.42 Å². The van der Waals surface area contributed by atoms with Gasteiger partial charge in [-0.25, -0.2) is 0 Å². The molecule has 2 heterocycles. The zero-order valence-corrected chi connectivity index (χ0v) is 60.4. The average Bonchev–Trinajstić information content (AvgIpc) is 1.50. The maximum absolute atomic E-state index is 7.57. The molecule has 1 atom stereocenters. The first-order valence-corrected chi connectivity index (χ1v) is 35.7. The van der Waals surface area contributed by atoms with Crippen molar-refractivity contribution in [1.29, 1.82) is 0 Å². The quantitative estimate of drug-likeness (QED) is 0.129. The van der Waals surface area contributed by atoms with Gasteiger partial charge in [0.1, 0.15) is 5.58 Å². The number of thiophene rings is 1. The van der Waals surface area contributed by atoms with Crippen molar-refractivity contribution in [3.05, 3.63) is 317 Å². The van der Waals surface area contributed by atoms with Crippen LogP contribution in [0.5, 0.6) is 0 Å². The van der Waals surface area contributed by atoms with E-state index >= 15 is 0 Å². The number of furan rings is 1. The van der Waals surface area contributed by atoms with E-state index in [0.29, 0.717) is 0 Å². The normalized spacial score (nSPS) is 14.3. The van der Waals surface area contributed by atoms with E-state index in [4.69, 9.17) is 4.42 Å². The fourth-order valence-electron chi connectivity index (χ4n) is 15.1. The molecule has 488 valence electrons. The molecule has 2 aromatic heterocycles. The Morgan fingerprint density at radius 3 is 1.06 bits per heavy atom. The lowest BCUT2D eigenvalue weighted by atomic mass is 9.67. The molecule has 4 nitrogen and oxygen atoms in total. The predicted octanol–water partition coefficient (Wildman–Crippen LogP) is 27.2. The minimum atomic E-state index is -0.968. The molecule has 0 saturated heterocycles. The summed E-state index contributed by atoms with van der Waals surface area (Å²) in [4.78, 5) is 7.42. The van der Waals surface area contributed by atoms with Crippen LogP contribution in [0.3, 0.4) is 0 Å². The van der Waals surface area contributed by atoms with Crippen molar-refractivity contribution in [2.75, 3.05) is 14.7 Å². The van der Waals surface area contributed by atoms with Crippen LogP contribution in [0.2, 0.25) is 0 Å². The van der Waals surface area contributed by atoms with Gasteiger partial charge in [0.2, 0.25) is 0 Å². The van der Waals surface area contributed by atoms with Crippen molar-refractivity contribution >= 4 is 105 Å². The number of hydrogen-bond donors (Lipinski definition) is 0. The highest BCUT2D eigenvalue weighted by Gasteiger charge is 2.50. The summed E-state index contributed by atoms with van der Waals surface area (Å²) in [5, 5.41) is 4.61. The van der Waals surface area contributed by atoms with Gasteiger partial charge in [-0.15, -0.1) is 11.3 Å². The summed E-state index contributed by atoms with van der Waals surface area (Å²) < 4.78 is 10.0. The summed E-state index contributed by atoms with van der Waals surface area (Å²) in [7, 11) is 0. The summed E-state index contributed by atoms with van der Waals surface area (Å²) in [6.07, 6.45) is 0. The second-order valence-corrected chi connectivity index (χ2v) is 33.3. The number of para-hydroxylation sites is 3. The first-order chi connectivity index (χ1) is 46.8. The Kier molecular flexibility index (Phi) is 15.5. The topological polar surface area (TPSA) is 22.9 Å². The van der Waals surface area contributed by atoms with E-state index in [9.17, 15) is 0 Å². The third kappa shape index (κ3) is 11.0. The van der Waals surface area contributed by atoms with E-state index in [1.807, 2.05) is 11.3 Å². The number of anilines is 9. The molecule has 0 amide bonds. The molecule has 14 aromatic rings. The predicted molar refractivity (Wildman–Crippen MR) is 421 cm³/mol. The molecule has 0 fully saturated rings. The molecule has 0 N–H and O–H groups in total. The lowest BCUT2D eigenvalue weighted by molar-refractivity contribution is 0.589. The zero-order chi connectivity index (χ0) is 68.4. The van der Waals surface area contributed by atoms with Crippen LogP contribution in [-0.4, -0.2) is 0 Å². The molecule has 12 aromatic carbocycles. The molecular formula is C93H89N3OS. The Balaban J connectivity index is 1.12. The fourth-order valence-corrected chi connectivity index (χ4v) is 16.4. The number of rotatable bonds is 11. The van der Waals surface area contributed by atoms with Gasteiger partial charge < -0.3 is 19.1 Å². The summed E-state index contributed by atoms with van der Waals surface area (Å²) in [6.45, 7) is 34.5. The largest absolute Gasteiger partial charge is 0.454 e. The molecular weight excluding hydrogens is 1210 g/mol. The Morgan fingerprint density at radius 2 is 0.622 bits per heavy atom. The maximum atomic E-state index is 7.57. The fraction of sp³-hybridized carbons (Fsp3) is 0.226. The van der Waals surface area contributed by atoms with Crippen LogP contribution in [0, 0.1) is 0 Å². The number of hydrogen-bond acceptors (Lipinski definition) is 5. The molecule has 98 heavy (non-hydrogen) atoms. The van der Waals surface area contributed by atoms with Crippen LogP contribution in [0.25, 0.3) is 53.2 Å². The van der Waals surface area contributed by atoms with E-state index in [1.54, 1.807) is 0 Å². The first-order valence-electron chi connectivity index (χ1n) is 34.9. The van der Waals surface area contributed by atoms with E-state index in [0.717, 1.165) is 78.7 Å². The molecule has 5 heteroatoms. The molecule has 0 radical (unpaired) electrons. The molecule has 0 saturated carbocycles. The van der Waals surface area contributed by atoms with Gasteiger partial charge in [0.25, 0.3) is 0 Å². The summed E-state index contributed by atoms with van der Waals surface area (Å²) in [6, 6.07) is 101. The molecule has 1 unspecified atom stereocenters. The van der Waals surface area contributed by atoms with E-state index in [2.05, 4.69) is 385 Å². The van der Waals surface area contributed by atoms with Crippen molar-refractivity contribution in [3.8, 4) is 11.1 Å². The summed E-state index contributed by atoms with van der Waals surface area (Å²) >= 11 is 1.91. The summed E-state index contributed by atoms with van der Waals surface area (Å²) in [5.41, 5.74) is 23.7. The number of benzene rings is 12. The SMILES string of the molecule is CC(C)(C)c1ccc(N(c2ccc(C(C)(C)C)cc2)c2ccc(C3(c4ccc(C(C)(C)C)cc4)c4cc(N(c5ccccc5)c5ccc(C(C)(C)C)cc5)c5c(sc6ccccc65)c4-c4c3cc(N(c3ccccc3)c3ccc(C(C)(C)C)cc3)c3oc5ccccc5c43)cc2)cc1. The lowest BCUT2D eigenvalue weighted by Gasteiger charge is -2.37. The minimum absolute atomic E-state index is 0.00782. The van der Waals surface area contributed by atoms with Crippen molar-refractivity contribution in [3.63, 3.8) is 0 Å². The second-order valence-electron chi connectivity index (χ2n) is 32.2. The third-order valence-electron chi connectivity index (χ3n) is 20.5. The third-order valence-corrected chi connectivity index (χ3v) is 21.7. The van der Waals surface area contributed by atoms with Crippen molar-refractivity contribution in [2.45, 2.75) is 136 Å². The minimum Gasteiger partial charge on any atom is -0.454 e. The number of fused-ring (bicyclic) bond motifs is 11. The van der Waals surface area contributed by atoms with E-state index in [1.165, 1.54) is 75.8 Å². The molecule has 1 aliphatic carbocycles. The van der Waals surface area contributed by atoms with Gasteiger partial charge in [-0.2, -0.15) is 0 Å². The maximum Gasteiger partial charge on any atom is 0.160 e. The standard InChI is InChI=1S/C93H89N3OS/c1-88(2,3)60-34-36-65(37-35-60)93(66-46-56-71(57-47-66)94(69-48-38-61(39-49-69)89(4,5)6)70-50-40-62(41-51-70)90(7,8)9)76-59-79(96(68-28-20-17-21-29-68)73-54-44-64(45-55-73)92(13,14)15)86-83(74-30-22-24-32-80(74)97-86)84(76)85-77(93)58-78(82-75-31-23-25-33-81(75)98-87(82)85)95(67-26-18-16-19-27-67)72-52-42-63(43-53-72)91(10,11)12/h16-59H,1-15H3. The van der Waals surface area contributed by atoms with Crippen molar-refractivity contribution in [2.24, 2.45) is 0 Å². The van der Waals surface area contributed by atoms with Crippen LogP contribution in [-0.2, 0) is 32.5 Å². The average molecular weight is 1300 g/mol. The van der Waals surface area contributed by atoms with Gasteiger partial charge in [-0.05, 0) is 186 Å². The zero-order valence-electron chi connectivity index (χ0n) is 59.6. The monoisotopic (exact) mass is 1300 g/mol. The van der Waals surface area contributed by atoms with Crippen LogP contribution >= 0.6 is 11.3 Å². The Hall–Kier alpha value is -9.94. The van der Waals surface area contributed by atoms with E-state index in [-0.39, 0.29) is 27.1 Å². The van der Waals surface area contributed by atoms with Crippen LogP contribution in [0.4, 0.5) is 51.2 Å². The van der Waals surface area contributed by atoms with Gasteiger partial charge in [-0.3, -0.25) is 0 Å². The smallest absolute Gasteiger partial charge is 0.160 e. The van der Waals surface area contributed by atoms with Gasteiger partial charge in [0.05, 0.1) is 16.8 Å². The van der Waals surface area contributed by atoms with Gasteiger partial charge >= 0.3 is 0 Å². The highest BCUT2D eigenvalue weighted by Crippen LogP contribution is 2.65. The molecule has 0 spiro atoms. The lowest BCUT2D eigenvalue weighted by Crippen LogP contribution is -2.29. The number of nitrogens with zero attached hydrogens (tertiary/aromatic N) is 3. The van der Waals surface area contributed by atoms with Gasteiger partial charge in [0.15, 0.2) is 5.58 Å². The van der Waals surface area contributed by atoms with E-state index < -0.39 is 5.41 Å². The highest BCUT2D eigenvalue weighted by atomic mass is 32.1.